The number of piperidine rings is 1. The molecule has 0 aromatic carbocycles. The number of hydrogen-bond donors (Lipinski definition) is 1. The largest absolute Gasteiger partial charge is 0.382 e. The third-order valence-electron chi connectivity index (χ3n) is 4.29. The Morgan fingerprint density at radius 2 is 2.42 bits per heavy atom. The van der Waals surface area contributed by atoms with Crippen LogP contribution in [0.15, 0.2) is 12.3 Å². The van der Waals surface area contributed by atoms with Gasteiger partial charge in [-0.3, -0.25) is 4.98 Å². The summed E-state index contributed by atoms with van der Waals surface area (Å²) in [5.41, 5.74) is 3.51. The Morgan fingerprint density at radius 1 is 1.58 bits per heavy atom. The van der Waals surface area contributed by atoms with Gasteiger partial charge in [0, 0.05) is 24.9 Å². The molecule has 1 fully saturated rings. The van der Waals surface area contributed by atoms with E-state index in [1.54, 1.807) is 7.11 Å². The molecular formula is C15H22N2O2. The van der Waals surface area contributed by atoms with Gasteiger partial charge in [0.2, 0.25) is 0 Å². The SMILES string of the molecule is COCC1O[C@@]2(CCN[C@H](C)C2)c2c(C)ccnc21. The molecular weight excluding hydrogens is 240 g/mol. The van der Waals surface area contributed by atoms with E-state index in [0.29, 0.717) is 12.6 Å². The lowest BCUT2D eigenvalue weighted by Crippen LogP contribution is -2.45. The third-order valence-corrected chi connectivity index (χ3v) is 4.29. The topological polar surface area (TPSA) is 43.4 Å². The van der Waals surface area contributed by atoms with Gasteiger partial charge in [-0.25, -0.2) is 0 Å². The van der Waals surface area contributed by atoms with Crippen LogP contribution in [0.3, 0.4) is 0 Å². The highest BCUT2D eigenvalue weighted by Crippen LogP contribution is 2.49. The number of methoxy groups -OCH3 is 1. The highest BCUT2D eigenvalue weighted by Gasteiger charge is 2.48. The van der Waals surface area contributed by atoms with Gasteiger partial charge in [0.1, 0.15) is 6.10 Å². The van der Waals surface area contributed by atoms with Crippen LogP contribution in [0.4, 0.5) is 0 Å². The van der Waals surface area contributed by atoms with Gasteiger partial charge in [-0.05, 0) is 44.9 Å². The van der Waals surface area contributed by atoms with Gasteiger partial charge >= 0.3 is 0 Å². The van der Waals surface area contributed by atoms with Gasteiger partial charge in [-0.2, -0.15) is 0 Å². The molecule has 4 heteroatoms. The molecule has 0 radical (unpaired) electrons. The average Bonchev–Trinajstić information content (AvgIpc) is 2.65. The van der Waals surface area contributed by atoms with E-state index in [4.69, 9.17) is 9.47 Å². The van der Waals surface area contributed by atoms with Crippen molar-refractivity contribution in [2.24, 2.45) is 0 Å². The summed E-state index contributed by atoms with van der Waals surface area (Å²) >= 11 is 0. The summed E-state index contributed by atoms with van der Waals surface area (Å²) in [5, 5.41) is 3.50. The molecule has 1 saturated heterocycles. The molecule has 1 spiro atoms. The van der Waals surface area contributed by atoms with Crippen LogP contribution in [0.1, 0.15) is 42.7 Å². The molecule has 19 heavy (non-hydrogen) atoms. The van der Waals surface area contributed by atoms with E-state index in [-0.39, 0.29) is 11.7 Å². The summed E-state index contributed by atoms with van der Waals surface area (Å²) in [7, 11) is 1.72. The second-order valence-corrected chi connectivity index (χ2v) is 5.75. The van der Waals surface area contributed by atoms with E-state index in [2.05, 4.69) is 30.2 Å². The first kappa shape index (κ1) is 13.0. The molecule has 0 saturated carbocycles. The highest BCUT2D eigenvalue weighted by molar-refractivity contribution is 5.40. The monoisotopic (exact) mass is 262 g/mol. The van der Waals surface area contributed by atoms with E-state index >= 15 is 0 Å². The number of pyridine rings is 1. The molecule has 1 aromatic rings. The lowest BCUT2D eigenvalue weighted by atomic mass is 9.80. The molecule has 2 aliphatic heterocycles. The van der Waals surface area contributed by atoms with Crippen molar-refractivity contribution in [2.75, 3.05) is 20.3 Å². The van der Waals surface area contributed by atoms with Crippen molar-refractivity contribution in [3.05, 3.63) is 29.1 Å². The number of nitrogens with zero attached hydrogens (tertiary/aromatic N) is 1. The molecule has 0 amide bonds. The number of fused-ring (bicyclic) bond motifs is 2. The summed E-state index contributed by atoms with van der Waals surface area (Å²) in [5.74, 6) is 0. The Hall–Kier alpha value is -0.970. The molecule has 3 rings (SSSR count). The Labute approximate surface area is 114 Å². The molecule has 1 N–H and O–H groups in total. The Bertz CT molecular complexity index is 477. The lowest BCUT2D eigenvalue weighted by molar-refractivity contribution is -0.119. The van der Waals surface area contributed by atoms with Crippen molar-refractivity contribution in [3.8, 4) is 0 Å². The molecule has 4 nitrogen and oxygen atoms in total. The number of ether oxygens (including phenoxy) is 2. The van der Waals surface area contributed by atoms with E-state index in [1.165, 1.54) is 11.1 Å². The second kappa shape index (κ2) is 4.85. The number of hydrogen-bond acceptors (Lipinski definition) is 4. The van der Waals surface area contributed by atoms with Gasteiger partial charge in [-0.15, -0.1) is 0 Å². The molecule has 2 aliphatic rings. The van der Waals surface area contributed by atoms with E-state index < -0.39 is 0 Å². The van der Waals surface area contributed by atoms with Gasteiger partial charge in [0.15, 0.2) is 0 Å². The van der Waals surface area contributed by atoms with Crippen molar-refractivity contribution in [1.82, 2.24) is 10.3 Å². The highest BCUT2D eigenvalue weighted by atomic mass is 16.5. The van der Waals surface area contributed by atoms with Crippen molar-refractivity contribution >= 4 is 0 Å². The summed E-state index contributed by atoms with van der Waals surface area (Å²) in [6, 6.07) is 2.56. The molecule has 3 atom stereocenters. The zero-order valence-electron chi connectivity index (χ0n) is 11.9. The minimum atomic E-state index is -0.165. The van der Waals surface area contributed by atoms with Gasteiger partial charge in [0.25, 0.3) is 0 Å². The first-order valence-corrected chi connectivity index (χ1v) is 7.02. The van der Waals surface area contributed by atoms with Crippen molar-refractivity contribution < 1.29 is 9.47 Å². The maximum Gasteiger partial charge on any atom is 0.124 e. The van der Waals surface area contributed by atoms with Crippen LogP contribution in [-0.4, -0.2) is 31.3 Å². The number of rotatable bonds is 2. The van der Waals surface area contributed by atoms with Crippen molar-refractivity contribution in [2.45, 2.75) is 44.4 Å². The van der Waals surface area contributed by atoms with Crippen LogP contribution < -0.4 is 5.32 Å². The third kappa shape index (κ3) is 2.08. The molecule has 1 unspecified atom stereocenters. The number of aromatic nitrogens is 1. The molecule has 0 aliphatic carbocycles. The Morgan fingerprint density at radius 3 is 3.16 bits per heavy atom. The standard InChI is InChI=1S/C15H22N2O2/c1-10-4-6-17-14-12(9-18-3)19-15(13(10)14)5-7-16-11(2)8-15/h4,6,11-12,16H,5,7-9H2,1-3H3/t11-,12?,15-/m1/s1. The van der Waals surface area contributed by atoms with Crippen LogP contribution in [0.2, 0.25) is 0 Å². The summed E-state index contributed by atoms with van der Waals surface area (Å²) in [6.45, 7) is 5.95. The van der Waals surface area contributed by atoms with Crippen LogP contribution >= 0.6 is 0 Å². The zero-order chi connectivity index (χ0) is 13.5. The van der Waals surface area contributed by atoms with E-state index in [9.17, 15) is 0 Å². The summed E-state index contributed by atoms with van der Waals surface area (Å²) in [6.07, 6.45) is 3.87. The van der Waals surface area contributed by atoms with Gasteiger partial charge in [0.05, 0.1) is 17.9 Å². The predicted octanol–water partition coefficient (Wildman–Crippen LogP) is 2.07. The van der Waals surface area contributed by atoms with Gasteiger partial charge < -0.3 is 14.8 Å². The Kier molecular flexibility index (Phi) is 3.33. The van der Waals surface area contributed by atoms with Crippen LogP contribution in [-0.2, 0) is 15.1 Å². The van der Waals surface area contributed by atoms with Crippen LogP contribution in [0.5, 0.6) is 0 Å². The minimum Gasteiger partial charge on any atom is -0.382 e. The Balaban J connectivity index is 2.05. The number of nitrogens with one attached hydrogen (secondary N) is 1. The maximum atomic E-state index is 6.42. The molecule has 104 valence electrons. The molecule has 3 heterocycles. The quantitative estimate of drug-likeness (QED) is 0.886. The molecule has 0 bridgehead atoms. The molecule has 1 aromatic heterocycles. The zero-order valence-corrected chi connectivity index (χ0v) is 11.9. The summed E-state index contributed by atoms with van der Waals surface area (Å²) in [4.78, 5) is 4.57. The van der Waals surface area contributed by atoms with E-state index in [0.717, 1.165) is 25.1 Å². The minimum absolute atomic E-state index is 0.0230. The maximum absolute atomic E-state index is 6.42. The van der Waals surface area contributed by atoms with Crippen molar-refractivity contribution in [3.63, 3.8) is 0 Å². The van der Waals surface area contributed by atoms with Crippen LogP contribution in [0.25, 0.3) is 0 Å². The fraction of sp³-hybridized carbons (Fsp3) is 0.667. The predicted molar refractivity (Wildman–Crippen MR) is 73.1 cm³/mol. The van der Waals surface area contributed by atoms with Gasteiger partial charge in [-0.1, -0.05) is 0 Å². The van der Waals surface area contributed by atoms with E-state index in [1.807, 2.05) is 6.20 Å². The van der Waals surface area contributed by atoms with Crippen LogP contribution in [0, 0.1) is 6.92 Å². The first-order valence-electron chi connectivity index (χ1n) is 7.02. The fourth-order valence-corrected chi connectivity index (χ4v) is 3.59. The summed E-state index contributed by atoms with van der Waals surface area (Å²) < 4.78 is 11.7. The average molecular weight is 262 g/mol. The van der Waals surface area contributed by atoms with Crippen molar-refractivity contribution in [1.29, 1.82) is 0 Å². The fourth-order valence-electron chi connectivity index (χ4n) is 3.59. The second-order valence-electron chi connectivity index (χ2n) is 5.75. The number of aryl methyl sites for hydroxylation is 1. The lowest BCUT2D eigenvalue weighted by Gasteiger charge is -2.38. The smallest absolute Gasteiger partial charge is 0.124 e. The first-order chi connectivity index (χ1) is 9.16. The normalized spacial score (nSPS) is 33.6.